The Balaban J connectivity index is 1.40. The molecule has 128 valence electrons. The summed E-state index contributed by atoms with van der Waals surface area (Å²) in [5, 5.41) is 7.91. The normalized spacial score (nSPS) is 27.3. The molecule has 3 heterocycles. The third-order valence-electron chi connectivity index (χ3n) is 5.70. The van der Waals surface area contributed by atoms with Crippen LogP contribution in [0.1, 0.15) is 56.4 Å². The number of piperidine rings is 1. The van der Waals surface area contributed by atoms with Gasteiger partial charge in [-0.05, 0) is 51.5 Å². The zero-order chi connectivity index (χ0) is 16.7. The van der Waals surface area contributed by atoms with Crippen LogP contribution in [-0.4, -0.2) is 18.0 Å². The molecule has 2 aromatic rings. The summed E-state index contributed by atoms with van der Waals surface area (Å²) >= 11 is 0. The van der Waals surface area contributed by atoms with E-state index in [2.05, 4.69) is 23.6 Å². The van der Waals surface area contributed by atoms with E-state index in [1.54, 1.807) is 0 Å². The van der Waals surface area contributed by atoms with Crippen LogP contribution in [0.4, 0.5) is 0 Å². The van der Waals surface area contributed by atoms with E-state index >= 15 is 0 Å². The highest BCUT2D eigenvalue weighted by molar-refractivity contribution is 5.82. The Labute approximate surface area is 143 Å². The standard InChI is InChI=1S/C20H26N2O2/c1-12-17-5-3-4-6-18(17)24-20(12)13(2)21-19(23)11-14-9-15-7-8-16(10-14)22-15/h3-6,13-16,22H,7-11H2,1-2H3,(H,21,23). The zero-order valence-corrected chi connectivity index (χ0v) is 14.5. The molecule has 2 aliphatic rings. The van der Waals surface area contributed by atoms with E-state index in [-0.39, 0.29) is 11.9 Å². The Morgan fingerprint density at radius 2 is 2.00 bits per heavy atom. The Kier molecular flexibility index (Phi) is 4.09. The van der Waals surface area contributed by atoms with E-state index in [4.69, 9.17) is 4.42 Å². The average molecular weight is 326 g/mol. The van der Waals surface area contributed by atoms with Gasteiger partial charge in [0.2, 0.25) is 5.91 Å². The summed E-state index contributed by atoms with van der Waals surface area (Å²) in [6.45, 7) is 4.07. The largest absolute Gasteiger partial charge is 0.459 e. The van der Waals surface area contributed by atoms with Crippen molar-refractivity contribution >= 4 is 16.9 Å². The number of aryl methyl sites for hydroxylation is 1. The van der Waals surface area contributed by atoms with Crippen molar-refractivity contribution in [1.82, 2.24) is 10.6 Å². The van der Waals surface area contributed by atoms with Crippen molar-refractivity contribution < 1.29 is 9.21 Å². The van der Waals surface area contributed by atoms with E-state index in [1.165, 1.54) is 12.8 Å². The van der Waals surface area contributed by atoms with Crippen LogP contribution in [0.25, 0.3) is 11.0 Å². The molecule has 1 aromatic carbocycles. The SMILES string of the molecule is Cc1c(C(C)NC(=O)CC2CC3CCC(C2)N3)oc2ccccc12. The Bertz CT molecular complexity index is 739. The maximum atomic E-state index is 12.5. The number of nitrogens with one attached hydrogen (secondary N) is 2. The average Bonchev–Trinajstić information content (AvgIpc) is 3.07. The number of hydrogen-bond donors (Lipinski definition) is 2. The molecule has 4 rings (SSSR count). The van der Waals surface area contributed by atoms with E-state index in [0.29, 0.717) is 24.4 Å². The molecule has 1 aromatic heterocycles. The number of benzene rings is 1. The lowest BCUT2D eigenvalue weighted by Gasteiger charge is -2.29. The molecule has 0 saturated carbocycles. The first-order chi connectivity index (χ1) is 11.6. The minimum absolute atomic E-state index is 0.0941. The quantitative estimate of drug-likeness (QED) is 0.897. The summed E-state index contributed by atoms with van der Waals surface area (Å²) in [5.74, 6) is 1.54. The Hall–Kier alpha value is -1.81. The molecule has 3 unspecified atom stereocenters. The molecule has 2 aliphatic heterocycles. The first-order valence-corrected chi connectivity index (χ1v) is 9.13. The summed E-state index contributed by atoms with van der Waals surface area (Å²) in [5.41, 5.74) is 2.01. The van der Waals surface area contributed by atoms with Crippen LogP contribution in [0.3, 0.4) is 0 Å². The van der Waals surface area contributed by atoms with Gasteiger partial charge in [-0.25, -0.2) is 0 Å². The minimum atomic E-state index is -0.0941. The van der Waals surface area contributed by atoms with Gasteiger partial charge >= 0.3 is 0 Å². The molecule has 4 heteroatoms. The lowest BCUT2D eigenvalue weighted by atomic mass is 9.89. The van der Waals surface area contributed by atoms with Crippen molar-refractivity contribution in [2.24, 2.45) is 5.92 Å². The van der Waals surface area contributed by atoms with E-state index in [9.17, 15) is 4.79 Å². The van der Waals surface area contributed by atoms with Gasteiger partial charge in [0.15, 0.2) is 0 Å². The van der Waals surface area contributed by atoms with Crippen LogP contribution in [0.5, 0.6) is 0 Å². The molecular formula is C20H26N2O2. The van der Waals surface area contributed by atoms with Gasteiger partial charge in [-0.2, -0.15) is 0 Å². The number of furan rings is 1. The van der Waals surface area contributed by atoms with Gasteiger partial charge in [-0.3, -0.25) is 4.79 Å². The van der Waals surface area contributed by atoms with Gasteiger partial charge in [0, 0.05) is 29.5 Å². The number of fused-ring (bicyclic) bond motifs is 3. The molecule has 4 nitrogen and oxygen atoms in total. The molecule has 1 amide bonds. The third-order valence-corrected chi connectivity index (χ3v) is 5.70. The highest BCUT2D eigenvalue weighted by Gasteiger charge is 2.34. The number of carbonyl (C=O) groups excluding carboxylic acids is 1. The zero-order valence-electron chi connectivity index (χ0n) is 14.5. The van der Waals surface area contributed by atoms with Gasteiger partial charge in [0.1, 0.15) is 11.3 Å². The molecule has 0 aliphatic carbocycles. The molecule has 3 atom stereocenters. The van der Waals surface area contributed by atoms with Crippen molar-refractivity contribution in [3.05, 3.63) is 35.6 Å². The lowest BCUT2D eigenvalue weighted by molar-refractivity contribution is -0.123. The fraction of sp³-hybridized carbons (Fsp3) is 0.550. The van der Waals surface area contributed by atoms with Crippen molar-refractivity contribution in [2.75, 3.05) is 0 Å². The number of carbonyl (C=O) groups is 1. The summed E-state index contributed by atoms with van der Waals surface area (Å²) in [7, 11) is 0. The van der Waals surface area contributed by atoms with E-state index in [0.717, 1.165) is 35.1 Å². The first kappa shape index (κ1) is 15.7. The topological polar surface area (TPSA) is 54.3 Å². The van der Waals surface area contributed by atoms with Gasteiger partial charge in [-0.15, -0.1) is 0 Å². The van der Waals surface area contributed by atoms with Crippen molar-refractivity contribution in [3.8, 4) is 0 Å². The summed E-state index contributed by atoms with van der Waals surface area (Å²) in [6, 6.07) is 9.21. The second-order valence-corrected chi connectivity index (χ2v) is 7.56. The van der Waals surface area contributed by atoms with Crippen LogP contribution < -0.4 is 10.6 Å². The second-order valence-electron chi connectivity index (χ2n) is 7.56. The number of hydrogen-bond acceptors (Lipinski definition) is 3. The molecule has 2 saturated heterocycles. The van der Waals surface area contributed by atoms with Crippen molar-refractivity contribution in [3.63, 3.8) is 0 Å². The van der Waals surface area contributed by atoms with Crippen LogP contribution in [-0.2, 0) is 4.79 Å². The smallest absolute Gasteiger partial charge is 0.220 e. The first-order valence-electron chi connectivity index (χ1n) is 9.13. The predicted octanol–water partition coefficient (Wildman–Crippen LogP) is 3.84. The van der Waals surface area contributed by atoms with E-state index in [1.807, 2.05) is 25.1 Å². The van der Waals surface area contributed by atoms with Gasteiger partial charge in [0.25, 0.3) is 0 Å². The highest BCUT2D eigenvalue weighted by Crippen LogP contribution is 2.33. The molecule has 2 fully saturated rings. The summed E-state index contributed by atoms with van der Waals surface area (Å²) < 4.78 is 5.97. The molecular weight excluding hydrogens is 300 g/mol. The number of amides is 1. The molecule has 2 N–H and O–H groups in total. The van der Waals surface area contributed by atoms with Crippen LogP contribution in [0.15, 0.2) is 28.7 Å². The second kappa shape index (κ2) is 6.25. The molecule has 2 bridgehead atoms. The van der Waals surface area contributed by atoms with Gasteiger partial charge in [-0.1, -0.05) is 18.2 Å². The maximum Gasteiger partial charge on any atom is 0.220 e. The summed E-state index contributed by atoms with van der Waals surface area (Å²) in [4.78, 5) is 12.5. The monoisotopic (exact) mass is 326 g/mol. The number of para-hydroxylation sites is 1. The van der Waals surface area contributed by atoms with E-state index < -0.39 is 0 Å². The highest BCUT2D eigenvalue weighted by atomic mass is 16.3. The van der Waals surface area contributed by atoms with Gasteiger partial charge in [0.05, 0.1) is 6.04 Å². The Morgan fingerprint density at radius 3 is 2.71 bits per heavy atom. The molecule has 0 spiro atoms. The molecule has 0 radical (unpaired) electrons. The lowest BCUT2D eigenvalue weighted by Crippen LogP contribution is -2.40. The number of rotatable bonds is 4. The van der Waals surface area contributed by atoms with Gasteiger partial charge < -0.3 is 15.1 Å². The molecule has 24 heavy (non-hydrogen) atoms. The van der Waals surface area contributed by atoms with Crippen LogP contribution in [0, 0.1) is 12.8 Å². The van der Waals surface area contributed by atoms with Crippen molar-refractivity contribution in [1.29, 1.82) is 0 Å². The third kappa shape index (κ3) is 2.95. The Morgan fingerprint density at radius 1 is 1.29 bits per heavy atom. The summed E-state index contributed by atoms with van der Waals surface area (Å²) in [6.07, 6.45) is 5.47. The maximum absolute atomic E-state index is 12.5. The fourth-order valence-electron chi connectivity index (χ4n) is 4.58. The van der Waals surface area contributed by atoms with Crippen LogP contribution in [0.2, 0.25) is 0 Å². The predicted molar refractivity (Wildman–Crippen MR) is 94.8 cm³/mol. The minimum Gasteiger partial charge on any atom is -0.459 e. The van der Waals surface area contributed by atoms with Crippen molar-refractivity contribution in [2.45, 2.75) is 64.1 Å². The fourth-order valence-corrected chi connectivity index (χ4v) is 4.58. The van der Waals surface area contributed by atoms with Crippen LogP contribution >= 0.6 is 0 Å².